The summed E-state index contributed by atoms with van der Waals surface area (Å²) in [7, 11) is 0. The molecule has 0 atom stereocenters. The summed E-state index contributed by atoms with van der Waals surface area (Å²) < 4.78 is 41.7. The van der Waals surface area contributed by atoms with Gasteiger partial charge in [0.15, 0.2) is 0 Å². The molecule has 1 heterocycles. The van der Waals surface area contributed by atoms with Gasteiger partial charge in [-0.05, 0) is 36.8 Å². The predicted octanol–water partition coefficient (Wildman–Crippen LogP) is 5.89. The first-order chi connectivity index (χ1) is 14.7. The fraction of sp³-hybridized carbons (Fsp3) is 0.200. The van der Waals surface area contributed by atoms with Crippen LogP contribution in [0.3, 0.4) is 0 Å². The number of ether oxygens (including phenoxy) is 1. The molecule has 0 spiro atoms. The standard InChI is InChI=1S/C20H17Cl2F3N4O2/c21-13-8-14(22)10-15(9-13)27-18-11-17(28-19(29-18)26-5-2-6-30)12-3-1-4-16(7-12)31-20(23,24)25/h1,3-4,7-11,30H,2,5-6H2,(H2,26,27,28,29). The Bertz CT molecular complexity index is 1030. The highest BCUT2D eigenvalue weighted by molar-refractivity contribution is 6.35. The first-order valence-corrected chi connectivity index (χ1v) is 9.80. The molecule has 6 nitrogen and oxygen atoms in total. The van der Waals surface area contributed by atoms with Crippen LogP contribution in [0.5, 0.6) is 5.75 Å². The number of nitrogens with zero attached hydrogens (tertiary/aromatic N) is 2. The highest BCUT2D eigenvalue weighted by Crippen LogP contribution is 2.30. The van der Waals surface area contributed by atoms with Gasteiger partial charge >= 0.3 is 6.36 Å². The molecule has 0 aliphatic rings. The van der Waals surface area contributed by atoms with E-state index in [0.717, 1.165) is 0 Å². The molecule has 0 unspecified atom stereocenters. The van der Waals surface area contributed by atoms with Crippen molar-refractivity contribution in [2.75, 3.05) is 23.8 Å². The van der Waals surface area contributed by atoms with Crippen molar-refractivity contribution in [2.45, 2.75) is 12.8 Å². The van der Waals surface area contributed by atoms with Gasteiger partial charge in [0.2, 0.25) is 5.95 Å². The summed E-state index contributed by atoms with van der Waals surface area (Å²) in [5.41, 5.74) is 1.31. The lowest BCUT2D eigenvalue weighted by Crippen LogP contribution is -2.17. The van der Waals surface area contributed by atoms with Crippen molar-refractivity contribution in [1.29, 1.82) is 0 Å². The second-order valence-electron chi connectivity index (χ2n) is 6.32. The normalized spacial score (nSPS) is 11.3. The van der Waals surface area contributed by atoms with Crippen molar-refractivity contribution >= 4 is 40.7 Å². The van der Waals surface area contributed by atoms with Crippen LogP contribution in [0.2, 0.25) is 10.0 Å². The van der Waals surface area contributed by atoms with E-state index in [1.165, 1.54) is 18.2 Å². The molecule has 0 saturated heterocycles. The van der Waals surface area contributed by atoms with E-state index in [0.29, 0.717) is 45.8 Å². The Morgan fingerprint density at radius 3 is 2.42 bits per heavy atom. The third-order valence-corrected chi connectivity index (χ3v) is 4.28. The van der Waals surface area contributed by atoms with Gasteiger partial charge in [-0.25, -0.2) is 4.98 Å². The second-order valence-corrected chi connectivity index (χ2v) is 7.20. The maximum absolute atomic E-state index is 12.6. The number of hydrogen-bond donors (Lipinski definition) is 3. The third kappa shape index (κ3) is 7.16. The van der Waals surface area contributed by atoms with Crippen LogP contribution in [0.1, 0.15) is 6.42 Å². The van der Waals surface area contributed by atoms with E-state index in [2.05, 4.69) is 25.3 Å². The number of benzene rings is 2. The van der Waals surface area contributed by atoms with Gasteiger partial charge in [0.25, 0.3) is 0 Å². The largest absolute Gasteiger partial charge is 0.573 e. The van der Waals surface area contributed by atoms with Gasteiger partial charge in [0.1, 0.15) is 11.6 Å². The van der Waals surface area contributed by atoms with Crippen molar-refractivity contribution < 1.29 is 23.0 Å². The third-order valence-electron chi connectivity index (χ3n) is 3.84. The van der Waals surface area contributed by atoms with Gasteiger partial charge in [0.05, 0.1) is 5.69 Å². The molecule has 11 heteroatoms. The maximum atomic E-state index is 12.6. The first-order valence-electron chi connectivity index (χ1n) is 9.05. The van der Waals surface area contributed by atoms with Crippen molar-refractivity contribution in [3.05, 3.63) is 58.6 Å². The van der Waals surface area contributed by atoms with Gasteiger partial charge < -0.3 is 20.5 Å². The SMILES string of the molecule is OCCCNc1nc(Nc2cc(Cl)cc(Cl)c2)cc(-c2cccc(OC(F)(F)F)c2)n1. The van der Waals surface area contributed by atoms with Crippen LogP contribution in [-0.4, -0.2) is 34.6 Å². The molecule has 2 aromatic carbocycles. The van der Waals surface area contributed by atoms with Crippen LogP contribution in [0.25, 0.3) is 11.3 Å². The highest BCUT2D eigenvalue weighted by Gasteiger charge is 2.31. The van der Waals surface area contributed by atoms with Crippen molar-refractivity contribution in [3.63, 3.8) is 0 Å². The zero-order valence-corrected chi connectivity index (χ0v) is 17.4. The minimum atomic E-state index is -4.81. The number of aliphatic hydroxyl groups excluding tert-OH is 1. The van der Waals surface area contributed by atoms with E-state index in [1.807, 2.05) is 0 Å². The molecule has 164 valence electrons. The Morgan fingerprint density at radius 2 is 1.74 bits per heavy atom. The molecule has 0 aliphatic carbocycles. The van der Waals surface area contributed by atoms with Crippen LogP contribution in [0.15, 0.2) is 48.5 Å². The average Bonchev–Trinajstić information content (AvgIpc) is 2.66. The molecule has 0 aliphatic heterocycles. The molecule has 31 heavy (non-hydrogen) atoms. The minimum absolute atomic E-state index is 0.0182. The van der Waals surface area contributed by atoms with Gasteiger partial charge in [-0.2, -0.15) is 4.98 Å². The summed E-state index contributed by atoms with van der Waals surface area (Å²) in [4.78, 5) is 8.71. The predicted molar refractivity (Wildman–Crippen MR) is 114 cm³/mol. The smallest absolute Gasteiger partial charge is 0.406 e. The summed E-state index contributed by atoms with van der Waals surface area (Å²) in [6.45, 7) is 0.384. The van der Waals surface area contributed by atoms with Crippen molar-refractivity contribution in [2.24, 2.45) is 0 Å². The van der Waals surface area contributed by atoms with Gasteiger partial charge in [-0.15, -0.1) is 13.2 Å². The zero-order chi connectivity index (χ0) is 22.4. The Kier molecular flexibility index (Phi) is 7.42. The fourth-order valence-electron chi connectivity index (χ4n) is 2.64. The Morgan fingerprint density at radius 1 is 1.00 bits per heavy atom. The monoisotopic (exact) mass is 472 g/mol. The van der Waals surface area contributed by atoms with Crippen molar-refractivity contribution in [3.8, 4) is 17.0 Å². The van der Waals surface area contributed by atoms with E-state index < -0.39 is 6.36 Å². The summed E-state index contributed by atoms with van der Waals surface area (Å²) in [5.74, 6) is 0.218. The summed E-state index contributed by atoms with van der Waals surface area (Å²) in [6, 6.07) is 11.9. The zero-order valence-electron chi connectivity index (χ0n) is 15.9. The molecule has 0 amide bonds. The number of nitrogens with one attached hydrogen (secondary N) is 2. The molecular weight excluding hydrogens is 456 g/mol. The second kappa shape index (κ2) is 10.0. The lowest BCUT2D eigenvalue weighted by Gasteiger charge is -2.13. The number of halogens is 5. The number of anilines is 3. The van der Waals surface area contributed by atoms with Gasteiger partial charge in [-0.3, -0.25) is 0 Å². The van der Waals surface area contributed by atoms with Crippen LogP contribution >= 0.6 is 23.2 Å². The van der Waals surface area contributed by atoms with Crippen LogP contribution in [0.4, 0.5) is 30.6 Å². The quantitative estimate of drug-likeness (QED) is 0.355. The lowest BCUT2D eigenvalue weighted by molar-refractivity contribution is -0.274. The molecule has 3 N–H and O–H groups in total. The van der Waals surface area contributed by atoms with Crippen LogP contribution in [0, 0.1) is 0 Å². The molecule has 0 saturated carbocycles. The Balaban J connectivity index is 1.96. The number of rotatable bonds is 8. The van der Waals surface area contributed by atoms with Gasteiger partial charge in [-0.1, -0.05) is 35.3 Å². The van der Waals surface area contributed by atoms with E-state index >= 15 is 0 Å². The maximum Gasteiger partial charge on any atom is 0.573 e. The molecule has 1 aromatic heterocycles. The van der Waals surface area contributed by atoms with Gasteiger partial charge in [0, 0.05) is 40.5 Å². The fourth-order valence-corrected chi connectivity index (χ4v) is 3.17. The number of aliphatic hydroxyl groups is 1. The number of hydrogen-bond acceptors (Lipinski definition) is 6. The molecule has 0 radical (unpaired) electrons. The first kappa shape index (κ1) is 22.9. The minimum Gasteiger partial charge on any atom is -0.406 e. The summed E-state index contributed by atoms with van der Waals surface area (Å²) >= 11 is 12.1. The number of aromatic nitrogens is 2. The van der Waals surface area contributed by atoms with E-state index in [9.17, 15) is 13.2 Å². The lowest BCUT2D eigenvalue weighted by atomic mass is 10.1. The molecule has 0 bridgehead atoms. The number of alkyl halides is 3. The molecule has 3 aromatic rings. The van der Waals surface area contributed by atoms with Crippen molar-refractivity contribution in [1.82, 2.24) is 9.97 Å². The van der Waals surface area contributed by atoms with E-state index in [1.54, 1.807) is 30.3 Å². The summed E-state index contributed by atoms with van der Waals surface area (Å²) in [6.07, 6.45) is -4.34. The summed E-state index contributed by atoms with van der Waals surface area (Å²) in [5, 5.41) is 15.8. The van der Waals surface area contributed by atoms with E-state index in [-0.39, 0.29) is 18.3 Å². The Hall–Kier alpha value is -2.75. The molecular formula is C20H17Cl2F3N4O2. The average molecular weight is 473 g/mol. The van der Waals surface area contributed by atoms with E-state index in [4.69, 9.17) is 28.3 Å². The van der Waals surface area contributed by atoms with Crippen LogP contribution < -0.4 is 15.4 Å². The highest BCUT2D eigenvalue weighted by atomic mass is 35.5. The molecule has 3 rings (SSSR count). The van der Waals surface area contributed by atoms with Crippen LogP contribution in [-0.2, 0) is 0 Å². The molecule has 0 fully saturated rings. The topological polar surface area (TPSA) is 79.3 Å². The Labute approximate surface area is 186 Å².